The van der Waals surface area contributed by atoms with Crippen molar-refractivity contribution in [3.8, 4) is 0 Å². The van der Waals surface area contributed by atoms with Crippen molar-refractivity contribution in [2.45, 2.75) is 26.3 Å². The number of aryl methyl sites for hydroxylation is 2. The second-order valence-electron chi connectivity index (χ2n) is 5.33. The van der Waals surface area contributed by atoms with Gasteiger partial charge in [0.1, 0.15) is 0 Å². The number of hydrogen-bond donors (Lipinski definition) is 1. The van der Waals surface area contributed by atoms with Crippen LogP contribution in [-0.2, 0) is 11.2 Å². The van der Waals surface area contributed by atoms with Gasteiger partial charge in [0, 0.05) is 17.9 Å². The lowest BCUT2D eigenvalue weighted by molar-refractivity contribution is -0.139. The fraction of sp³-hybridized carbons (Fsp3) is 0.312. The lowest BCUT2D eigenvalue weighted by atomic mass is 9.93. The van der Waals surface area contributed by atoms with Crippen molar-refractivity contribution in [2.75, 3.05) is 11.4 Å². The number of anilines is 1. The number of nitrogens with zero attached hydrogens (tertiary/aromatic N) is 3. The Kier molecular flexibility index (Phi) is 3.33. The van der Waals surface area contributed by atoms with Crippen LogP contribution in [0.2, 0.25) is 0 Å². The summed E-state index contributed by atoms with van der Waals surface area (Å²) in [4.78, 5) is 22.4. The molecular weight excluding hydrogens is 266 g/mol. The van der Waals surface area contributed by atoms with E-state index in [-0.39, 0.29) is 0 Å². The van der Waals surface area contributed by atoms with Crippen molar-refractivity contribution in [2.24, 2.45) is 0 Å². The van der Waals surface area contributed by atoms with E-state index in [0.29, 0.717) is 12.5 Å². The first kappa shape index (κ1) is 13.5. The number of benzene rings is 1. The van der Waals surface area contributed by atoms with Crippen LogP contribution in [0.5, 0.6) is 0 Å². The zero-order valence-corrected chi connectivity index (χ0v) is 12.1. The van der Waals surface area contributed by atoms with Gasteiger partial charge in [-0.1, -0.05) is 24.3 Å². The van der Waals surface area contributed by atoms with Gasteiger partial charge in [0.2, 0.25) is 5.95 Å². The minimum atomic E-state index is -0.870. The molecule has 1 aromatic heterocycles. The second kappa shape index (κ2) is 5.16. The van der Waals surface area contributed by atoms with E-state index in [2.05, 4.69) is 9.97 Å². The van der Waals surface area contributed by atoms with Crippen LogP contribution in [0, 0.1) is 13.8 Å². The standard InChI is InChI=1S/C16H17N3O2/c1-10-9-11(2)18-16(17-10)19-8-7-12-5-3-4-6-13(12)14(19)15(20)21/h3-6,9,14H,7-8H2,1-2H3,(H,20,21). The molecule has 1 aliphatic heterocycles. The Hall–Kier alpha value is -2.43. The van der Waals surface area contributed by atoms with Crippen LogP contribution < -0.4 is 4.90 Å². The molecule has 2 aromatic rings. The maximum atomic E-state index is 11.8. The van der Waals surface area contributed by atoms with Gasteiger partial charge in [-0.2, -0.15) is 0 Å². The summed E-state index contributed by atoms with van der Waals surface area (Å²) >= 11 is 0. The summed E-state index contributed by atoms with van der Waals surface area (Å²) in [7, 11) is 0. The molecule has 1 atom stereocenters. The Morgan fingerprint density at radius 1 is 1.24 bits per heavy atom. The monoisotopic (exact) mass is 283 g/mol. The number of hydrogen-bond acceptors (Lipinski definition) is 4. The van der Waals surface area contributed by atoms with Gasteiger partial charge >= 0.3 is 5.97 Å². The summed E-state index contributed by atoms with van der Waals surface area (Å²) in [6, 6.07) is 8.85. The van der Waals surface area contributed by atoms with Gasteiger partial charge in [-0.3, -0.25) is 0 Å². The fourth-order valence-corrected chi connectivity index (χ4v) is 2.88. The van der Waals surface area contributed by atoms with Gasteiger partial charge in [-0.05, 0) is 37.5 Å². The van der Waals surface area contributed by atoms with Gasteiger partial charge in [0.25, 0.3) is 0 Å². The maximum absolute atomic E-state index is 11.8. The Labute approximate surface area is 123 Å². The molecule has 0 fully saturated rings. The number of fused-ring (bicyclic) bond motifs is 1. The molecule has 0 saturated carbocycles. The van der Waals surface area contributed by atoms with E-state index in [4.69, 9.17) is 0 Å². The van der Waals surface area contributed by atoms with Crippen LogP contribution in [0.25, 0.3) is 0 Å². The normalized spacial score (nSPS) is 17.4. The molecule has 0 bridgehead atoms. The van der Waals surface area contributed by atoms with Crippen LogP contribution in [-0.4, -0.2) is 27.6 Å². The predicted molar refractivity (Wildman–Crippen MR) is 79.4 cm³/mol. The van der Waals surface area contributed by atoms with E-state index in [1.807, 2.05) is 44.2 Å². The number of carboxylic acid groups (broad SMARTS) is 1. The molecule has 3 rings (SSSR count). The van der Waals surface area contributed by atoms with Crippen molar-refractivity contribution in [1.82, 2.24) is 9.97 Å². The summed E-state index contributed by atoms with van der Waals surface area (Å²) < 4.78 is 0. The highest BCUT2D eigenvalue weighted by Gasteiger charge is 2.34. The summed E-state index contributed by atoms with van der Waals surface area (Å²) in [5.41, 5.74) is 3.62. The molecule has 0 saturated heterocycles. The van der Waals surface area contributed by atoms with Gasteiger partial charge < -0.3 is 10.0 Å². The molecule has 0 radical (unpaired) electrons. The van der Waals surface area contributed by atoms with E-state index in [9.17, 15) is 9.90 Å². The molecule has 5 nitrogen and oxygen atoms in total. The molecule has 21 heavy (non-hydrogen) atoms. The van der Waals surface area contributed by atoms with Crippen LogP contribution in [0.1, 0.15) is 28.6 Å². The fourth-order valence-electron chi connectivity index (χ4n) is 2.88. The number of carbonyl (C=O) groups is 1. The molecule has 1 N–H and O–H groups in total. The Bertz CT molecular complexity index is 679. The quantitative estimate of drug-likeness (QED) is 0.916. The van der Waals surface area contributed by atoms with Crippen molar-refractivity contribution in [1.29, 1.82) is 0 Å². The average molecular weight is 283 g/mol. The Balaban J connectivity index is 2.09. The predicted octanol–water partition coefficient (Wildman–Crippen LogP) is 2.28. The van der Waals surface area contributed by atoms with E-state index in [1.165, 1.54) is 0 Å². The topological polar surface area (TPSA) is 66.3 Å². The molecule has 1 aliphatic rings. The van der Waals surface area contributed by atoms with E-state index in [1.54, 1.807) is 4.90 Å². The SMILES string of the molecule is Cc1cc(C)nc(N2CCc3ccccc3C2C(=O)O)n1. The minimum absolute atomic E-state index is 0.495. The smallest absolute Gasteiger partial charge is 0.331 e. The second-order valence-corrected chi connectivity index (χ2v) is 5.33. The molecule has 0 amide bonds. The lowest BCUT2D eigenvalue weighted by Crippen LogP contribution is -2.41. The summed E-state index contributed by atoms with van der Waals surface area (Å²) in [6.07, 6.45) is 0.802. The first-order valence-electron chi connectivity index (χ1n) is 6.96. The van der Waals surface area contributed by atoms with Crippen LogP contribution in [0.4, 0.5) is 5.95 Å². The molecule has 1 aromatic carbocycles. The number of rotatable bonds is 2. The van der Waals surface area contributed by atoms with Crippen molar-refractivity contribution < 1.29 is 9.90 Å². The van der Waals surface area contributed by atoms with Gasteiger partial charge in [-0.25, -0.2) is 14.8 Å². The van der Waals surface area contributed by atoms with Crippen LogP contribution >= 0.6 is 0 Å². The highest BCUT2D eigenvalue weighted by Crippen LogP contribution is 2.32. The van der Waals surface area contributed by atoms with Crippen LogP contribution in [0.15, 0.2) is 30.3 Å². The number of aromatic nitrogens is 2. The van der Waals surface area contributed by atoms with Gasteiger partial charge in [0.05, 0.1) is 0 Å². The summed E-state index contributed by atoms with van der Waals surface area (Å²) in [6.45, 7) is 4.40. The maximum Gasteiger partial charge on any atom is 0.331 e. The van der Waals surface area contributed by atoms with E-state index < -0.39 is 12.0 Å². The van der Waals surface area contributed by atoms with Gasteiger partial charge in [-0.15, -0.1) is 0 Å². The third kappa shape index (κ3) is 2.46. The first-order valence-corrected chi connectivity index (χ1v) is 6.96. The van der Waals surface area contributed by atoms with Crippen molar-refractivity contribution in [3.05, 3.63) is 52.8 Å². The Morgan fingerprint density at radius 2 is 1.90 bits per heavy atom. The van der Waals surface area contributed by atoms with Crippen LogP contribution in [0.3, 0.4) is 0 Å². The largest absolute Gasteiger partial charge is 0.479 e. The van der Waals surface area contributed by atoms with Crippen molar-refractivity contribution >= 4 is 11.9 Å². The first-order chi connectivity index (χ1) is 10.1. The highest BCUT2D eigenvalue weighted by molar-refractivity contribution is 5.80. The molecular formula is C16H17N3O2. The molecule has 1 unspecified atom stereocenters. The Morgan fingerprint density at radius 3 is 2.57 bits per heavy atom. The summed E-state index contributed by atoms with van der Waals surface area (Å²) in [5.74, 6) is -0.376. The molecule has 108 valence electrons. The molecule has 5 heteroatoms. The number of aliphatic carboxylic acids is 1. The molecule has 2 heterocycles. The molecule has 0 aliphatic carbocycles. The highest BCUT2D eigenvalue weighted by atomic mass is 16.4. The minimum Gasteiger partial charge on any atom is -0.479 e. The molecule has 0 spiro atoms. The van der Waals surface area contributed by atoms with E-state index >= 15 is 0 Å². The van der Waals surface area contributed by atoms with Crippen molar-refractivity contribution in [3.63, 3.8) is 0 Å². The van der Waals surface area contributed by atoms with E-state index in [0.717, 1.165) is 28.9 Å². The number of carboxylic acids is 1. The summed E-state index contributed by atoms with van der Waals surface area (Å²) in [5, 5.41) is 9.66. The third-order valence-electron chi connectivity index (χ3n) is 3.74. The third-order valence-corrected chi connectivity index (χ3v) is 3.74. The lowest BCUT2D eigenvalue weighted by Gasteiger charge is -2.34. The van der Waals surface area contributed by atoms with Gasteiger partial charge in [0.15, 0.2) is 6.04 Å². The average Bonchev–Trinajstić information content (AvgIpc) is 2.44. The zero-order valence-electron chi connectivity index (χ0n) is 12.1. The zero-order chi connectivity index (χ0) is 15.0.